The van der Waals surface area contributed by atoms with Crippen molar-refractivity contribution in [2.24, 2.45) is 0 Å². The number of benzene rings is 2. The van der Waals surface area contributed by atoms with E-state index in [9.17, 15) is 14.9 Å². The third kappa shape index (κ3) is 6.35. The van der Waals surface area contributed by atoms with Crippen molar-refractivity contribution >= 4 is 11.8 Å². The van der Waals surface area contributed by atoms with Crippen LogP contribution in [0.1, 0.15) is 57.4 Å². The lowest BCUT2D eigenvalue weighted by Crippen LogP contribution is -2.32. The average Bonchev–Trinajstić information content (AvgIpc) is 2.80. The minimum Gasteiger partial charge on any atom is -0.444 e. The van der Waals surface area contributed by atoms with Gasteiger partial charge in [0.25, 0.3) is 5.56 Å². The molecular weight excluding hydrogens is 426 g/mol. The number of anilines is 1. The first-order valence-electron chi connectivity index (χ1n) is 11.5. The van der Waals surface area contributed by atoms with Gasteiger partial charge in [-0.1, -0.05) is 55.8 Å². The maximum Gasteiger partial charge on any atom is 0.412 e. The lowest BCUT2D eigenvalue weighted by molar-refractivity contribution is 0.0635. The van der Waals surface area contributed by atoms with Gasteiger partial charge in [0.2, 0.25) is 0 Å². The number of hydrogen-bond donors (Lipinski definition) is 1. The van der Waals surface area contributed by atoms with Crippen molar-refractivity contribution in [3.8, 4) is 17.2 Å². The highest BCUT2D eigenvalue weighted by atomic mass is 16.6. The van der Waals surface area contributed by atoms with Crippen molar-refractivity contribution in [1.82, 2.24) is 4.57 Å². The number of ether oxygens (including phenoxy) is 1. The van der Waals surface area contributed by atoms with Crippen LogP contribution in [0, 0.1) is 11.3 Å². The van der Waals surface area contributed by atoms with Crippen molar-refractivity contribution in [2.45, 2.75) is 59.1 Å². The number of aromatic nitrogens is 1. The fourth-order valence-electron chi connectivity index (χ4n) is 3.68. The number of nitrogens with zero attached hydrogens (tertiary/aromatic N) is 2. The van der Waals surface area contributed by atoms with Gasteiger partial charge in [0.05, 0.1) is 18.2 Å². The molecule has 0 aliphatic heterocycles. The normalized spacial score (nSPS) is 11.0. The highest BCUT2D eigenvalue weighted by molar-refractivity contribution is 5.84. The predicted octanol–water partition coefficient (Wildman–Crippen LogP) is 6.12. The summed E-state index contributed by atoms with van der Waals surface area (Å²) in [7, 11) is 0. The summed E-state index contributed by atoms with van der Waals surface area (Å²) in [5.74, 6) is 0. The van der Waals surface area contributed by atoms with Gasteiger partial charge in [0.1, 0.15) is 11.3 Å². The van der Waals surface area contributed by atoms with E-state index in [2.05, 4.69) is 18.3 Å². The van der Waals surface area contributed by atoms with E-state index in [1.54, 1.807) is 37.5 Å². The van der Waals surface area contributed by atoms with Crippen LogP contribution >= 0.6 is 0 Å². The lowest BCUT2D eigenvalue weighted by atomic mass is 9.99. The molecule has 3 rings (SSSR count). The number of carbonyl (C=O) groups is 1. The Morgan fingerprint density at radius 1 is 1.06 bits per heavy atom. The molecule has 1 N–H and O–H groups in total. The molecule has 0 bridgehead atoms. The Bertz CT molecular complexity index is 1250. The van der Waals surface area contributed by atoms with Crippen LogP contribution in [0.4, 0.5) is 10.5 Å². The molecule has 6 heteroatoms. The van der Waals surface area contributed by atoms with Gasteiger partial charge in [-0.3, -0.25) is 10.1 Å². The third-order valence-electron chi connectivity index (χ3n) is 5.34. The number of unbranched alkanes of at least 4 members (excludes halogenated alkanes) is 1. The SMILES string of the molecule is CCCCc1ccc(NC(=O)OC(C)(C)C)c(=O)n1Cc1ccc(-c2ccccc2C#N)cc1. The van der Waals surface area contributed by atoms with E-state index >= 15 is 0 Å². The monoisotopic (exact) mass is 457 g/mol. The molecule has 1 aromatic heterocycles. The Kier molecular flexibility index (Phi) is 7.91. The second kappa shape index (κ2) is 10.8. The van der Waals surface area contributed by atoms with Crippen LogP contribution in [-0.2, 0) is 17.7 Å². The summed E-state index contributed by atoms with van der Waals surface area (Å²) in [4.78, 5) is 25.5. The molecule has 3 aromatic rings. The first-order chi connectivity index (χ1) is 16.2. The Balaban J connectivity index is 1.90. The van der Waals surface area contributed by atoms with E-state index in [1.165, 1.54) is 0 Å². The molecule has 34 heavy (non-hydrogen) atoms. The van der Waals surface area contributed by atoms with Crippen molar-refractivity contribution in [1.29, 1.82) is 5.26 Å². The number of pyridine rings is 1. The van der Waals surface area contributed by atoms with Crippen molar-refractivity contribution in [3.05, 3.63) is 87.8 Å². The Morgan fingerprint density at radius 3 is 2.41 bits per heavy atom. The fraction of sp³-hybridized carbons (Fsp3) is 0.321. The van der Waals surface area contributed by atoms with Gasteiger partial charge >= 0.3 is 6.09 Å². The summed E-state index contributed by atoms with van der Waals surface area (Å²) in [6.45, 7) is 7.81. The number of amides is 1. The summed E-state index contributed by atoms with van der Waals surface area (Å²) in [5, 5.41) is 12.0. The largest absolute Gasteiger partial charge is 0.444 e. The minimum absolute atomic E-state index is 0.189. The highest BCUT2D eigenvalue weighted by Crippen LogP contribution is 2.24. The predicted molar refractivity (Wildman–Crippen MR) is 135 cm³/mol. The molecule has 0 fully saturated rings. The summed E-state index contributed by atoms with van der Waals surface area (Å²) >= 11 is 0. The molecule has 0 saturated heterocycles. The molecule has 0 aliphatic carbocycles. The summed E-state index contributed by atoms with van der Waals surface area (Å²) in [6.07, 6.45) is 2.09. The topological polar surface area (TPSA) is 84.1 Å². The van der Waals surface area contributed by atoms with Crippen LogP contribution in [0.2, 0.25) is 0 Å². The van der Waals surface area contributed by atoms with E-state index in [0.29, 0.717) is 12.1 Å². The van der Waals surface area contributed by atoms with Crippen LogP contribution in [-0.4, -0.2) is 16.3 Å². The zero-order chi connectivity index (χ0) is 24.7. The quantitative estimate of drug-likeness (QED) is 0.463. The van der Waals surface area contributed by atoms with Gasteiger partial charge in [-0.05, 0) is 68.5 Å². The third-order valence-corrected chi connectivity index (χ3v) is 5.34. The van der Waals surface area contributed by atoms with Crippen LogP contribution in [0.15, 0.2) is 65.5 Å². The zero-order valence-electron chi connectivity index (χ0n) is 20.2. The first-order valence-corrected chi connectivity index (χ1v) is 11.5. The summed E-state index contributed by atoms with van der Waals surface area (Å²) < 4.78 is 7.01. The minimum atomic E-state index is -0.657. The molecule has 2 aromatic carbocycles. The number of nitrogens with one attached hydrogen (secondary N) is 1. The molecule has 0 saturated carbocycles. The van der Waals surface area contributed by atoms with Crippen LogP contribution < -0.4 is 10.9 Å². The molecule has 176 valence electrons. The van der Waals surface area contributed by atoms with Crippen molar-refractivity contribution < 1.29 is 9.53 Å². The average molecular weight is 458 g/mol. The standard InChI is InChI=1S/C28H31N3O3/c1-5-6-10-23-16-17-25(30-27(33)34-28(2,3)4)26(32)31(23)19-20-12-14-21(15-13-20)24-11-8-7-9-22(24)18-29/h7-9,11-17H,5-6,10,19H2,1-4H3,(H,30,33). The Morgan fingerprint density at radius 2 is 1.76 bits per heavy atom. The molecule has 1 heterocycles. The number of hydrogen-bond acceptors (Lipinski definition) is 4. The highest BCUT2D eigenvalue weighted by Gasteiger charge is 2.18. The van der Waals surface area contributed by atoms with Gasteiger partial charge < -0.3 is 9.30 Å². The molecule has 0 radical (unpaired) electrons. The smallest absolute Gasteiger partial charge is 0.412 e. The zero-order valence-corrected chi connectivity index (χ0v) is 20.2. The second-order valence-corrected chi connectivity index (χ2v) is 9.21. The molecule has 1 amide bonds. The van der Waals surface area contributed by atoms with E-state index in [4.69, 9.17) is 4.74 Å². The van der Waals surface area contributed by atoms with E-state index in [-0.39, 0.29) is 11.2 Å². The first kappa shape index (κ1) is 24.8. The van der Waals surface area contributed by atoms with Crippen LogP contribution in [0.5, 0.6) is 0 Å². The number of nitriles is 1. The summed E-state index contributed by atoms with van der Waals surface area (Å²) in [6, 6.07) is 21.1. The van der Waals surface area contributed by atoms with Crippen molar-refractivity contribution in [2.75, 3.05) is 5.32 Å². The lowest BCUT2D eigenvalue weighted by Gasteiger charge is -2.20. The van der Waals surface area contributed by atoms with Gasteiger partial charge in [-0.25, -0.2) is 4.79 Å². The number of aryl methyl sites for hydroxylation is 1. The van der Waals surface area contributed by atoms with Crippen LogP contribution in [0.3, 0.4) is 0 Å². The van der Waals surface area contributed by atoms with Gasteiger partial charge in [0, 0.05) is 5.69 Å². The summed E-state index contributed by atoms with van der Waals surface area (Å²) in [5.41, 5.74) is 3.58. The molecule has 0 unspecified atom stereocenters. The number of rotatable bonds is 7. The van der Waals surface area contributed by atoms with E-state index < -0.39 is 11.7 Å². The Hall–Kier alpha value is -3.85. The van der Waals surface area contributed by atoms with Gasteiger partial charge in [0.15, 0.2) is 0 Å². The van der Waals surface area contributed by atoms with Gasteiger partial charge in [-0.15, -0.1) is 0 Å². The van der Waals surface area contributed by atoms with E-state index in [1.807, 2.05) is 48.5 Å². The van der Waals surface area contributed by atoms with Gasteiger partial charge in [-0.2, -0.15) is 5.26 Å². The van der Waals surface area contributed by atoms with E-state index in [0.717, 1.165) is 41.6 Å². The molecular formula is C28H31N3O3. The van der Waals surface area contributed by atoms with Crippen molar-refractivity contribution in [3.63, 3.8) is 0 Å². The maximum atomic E-state index is 13.3. The Labute approximate surface area is 200 Å². The fourth-order valence-corrected chi connectivity index (χ4v) is 3.68. The maximum absolute atomic E-state index is 13.3. The molecule has 0 aliphatic rings. The number of carbonyl (C=O) groups excluding carboxylic acids is 1. The second-order valence-electron chi connectivity index (χ2n) is 9.21. The van der Waals surface area contributed by atoms with Crippen LogP contribution in [0.25, 0.3) is 11.1 Å². The molecule has 0 atom stereocenters. The molecule has 0 spiro atoms. The molecule has 6 nitrogen and oxygen atoms in total.